The summed E-state index contributed by atoms with van der Waals surface area (Å²) in [6.07, 6.45) is 3.18. The van der Waals surface area contributed by atoms with Crippen LogP contribution in [0.2, 0.25) is 5.02 Å². The lowest BCUT2D eigenvalue weighted by atomic mass is 10.1. The summed E-state index contributed by atoms with van der Waals surface area (Å²) in [5, 5.41) is 14.2. The van der Waals surface area contributed by atoms with Gasteiger partial charge in [-0.2, -0.15) is 5.10 Å². The summed E-state index contributed by atoms with van der Waals surface area (Å²) in [6, 6.07) is 13.4. The second kappa shape index (κ2) is 10.5. The summed E-state index contributed by atoms with van der Waals surface area (Å²) < 4.78 is 1.85. The molecule has 0 fully saturated rings. The van der Waals surface area contributed by atoms with Crippen molar-refractivity contribution in [2.75, 3.05) is 20.2 Å². The van der Waals surface area contributed by atoms with Crippen LogP contribution in [-0.4, -0.2) is 50.8 Å². The van der Waals surface area contributed by atoms with Gasteiger partial charge in [0.25, 0.3) is 0 Å². The SMILES string of the molecule is Cc1cc(CCC(=O)Cc2ccc(CN(C)CCO)nc2)n(-c2cccc(Cl)c2)n1. The van der Waals surface area contributed by atoms with Crippen LogP contribution in [0.15, 0.2) is 48.7 Å². The number of aryl methyl sites for hydroxylation is 2. The second-order valence-electron chi connectivity index (χ2n) is 7.50. The van der Waals surface area contributed by atoms with Crippen molar-refractivity contribution in [3.63, 3.8) is 0 Å². The maximum Gasteiger partial charge on any atom is 0.137 e. The van der Waals surface area contributed by atoms with Gasteiger partial charge in [-0.1, -0.05) is 23.7 Å². The molecule has 3 rings (SSSR count). The molecule has 0 aliphatic heterocycles. The third-order valence-electron chi connectivity index (χ3n) is 4.82. The maximum atomic E-state index is 12.5. The van der Waals surface area contributed by atoms with E-state index in [2.05, 4.69) is 10.1 Å². The van der Waals surface area contributed by atoms with E-state index in [0.717, 1.165) is 28.3 Å². The van der Waals surface area contributed by atoms with E-state index < -0.39 is 0 Å². The van der Waals surface area contributed by atoms with Crippen LogP contribution in [0.25, 0.3) is 5.69 Å². The highest BCUT2D eigenvalue weighted by Gasteiger charge is 2.11. The normalized spacial score (nSPS) is 11.2. The first-order valence-electron chi connectivity index (χ1n) is 10.0. The fraction of sp³-hybridized carbons (Fsp3) is 0.348. The fourth-order valence-corrected chi connectivity index (χ4v) is 3.51. The summed E-state index contributed by atoms with van der Waals surface area (Å²) in [6.45, 7) is 3.34. The van der Waals surface area contributed by atoms with E-state index in [1.54, 1.807) is 6.20 Å². The van der Waals surface area contributed by atoms with Gasteiger partial charge in [-0.25, -0.2) is 4.68 Å². The lowest BCUT2D eigenvalue weighted by Gasteiger charge is -2.14. The van der Waals surface area contributed by atoms with E-state index in [0.29, 0.717) is 37.4 Å². The topological polar surface area (TPSA) is 71.2 Å². The molecule has 2 heterocycles. The fourth-order valence-electron chi connectivity index (χ4n) is 3.33. The second-order valence-corrected chi connectivity index (χ2v) is 7.94. The molecule has 0 unspecified atom stereocenters. The number of aliphatic hydroxyl groups is 1. The number of carbonyl (C=O) groups is 1. The molecule has 30 heavy (non-hydrogen) atoms. The molecule has 7 heteroatoms. The van der Waals surface area contributed by atoms with Gasteiger partial charge in [-0.3, -0.25) is 14.7 Å². The predicted molar refractivity (Wildman–Crippen MR) is 118 cm³/mol. The van der Waals surface area contributed by atoms with E-state index in [1.165, 1.54) is 0 Å². The highest BCUT2D eigenvalue weighted by atomic mass is 35.5. The molecule has 0 radical (unpaired) electrons. The molecule has 0 saturated heterocycles. The molecule has 158 valence electrons. The van der Waals surface area contributed by atoms with Crippen LogP contribution in [0, 0.1) is 6.92 Å². The minimum Gasteiger partial charge on any atom is -0.395 e. The number of pyridine rings is 1. The van der Waals surface area contributed by atoms with Gasteiger partial charge in [0.05, 0.1) is 23.7 Å². The average Bonchev–Trinajstić information content (AvgIpc) is 3.09. The van der Waals surface area contributed by atoms with Crippen LogP contribution in [0.4, 0.5) is 0 Å². The van der Waals surface area contributed by atoms with Crippen molar-refractivity contribution in [3.8, 4) is 5.69 Å². The van der Waals surface area contributed by atoms with E-state index in [4.69, 9.17) is 16.7 Å². The van der Waals surface area contributed by atoms with Gasteiger partial charge >= 0.3 is 0 Å². The van der Waals surface area contributed by atoms with Crippen LogP contribution in [0.5, 0.6) is 0 Å². The molecule has 6 nitrogen and oxygen atoms in total. The van der Waals surface area contributed by atoms with Crippen LogP contribution in [0.1, 0.15) is 29.1 Å². The van der Waals surface area contributed by atoms with Gasteiger partial charge in [0.15, 0.2) is 0 Å². The standard InChI is InChI=1S/C23H27ClN4O2/c1-17-12-22(28(26-17)21-5-3-4-19(24)14-21)8-9-23(30)13-18-6-7-20(25-15-18)16-27(2)10-11-29/h3-7,12,14-15,29H,8-11,13,16H2,1-2H3. The van der Waals surface area contributed by atoms with E-state index in [1.807, 2.05) is 66.0 Å². The number of rotatable bonds is 10. The Morgan fingerprint density at radius 1 is 1.23 bits per heavy atom. The van der Waals surface area contributed by atoms with Crippen molar-refractivity contribution >= 4 is 17.4 Å². The number of nitrogens with zero attached hydrogens (tertiary/aromatic N) is 4. The third kappa shape index (κ3) is 6.23. The monoisotopic (exact) mass is 426 g/mol. The molecule has 0 spiro atoms. The summed E-state index contributed by atoms with van der Waals surface area (Å²) in [5.74, 6) is 0.165. The Labute approximate surface area is 182 Å². The largest absolute Gasteiger partial charge is 0.395 e. The summed E-state index contributed by atoms with van der Waals surface area (Å²) in [7, 11) is 1.94. The van der Waals surface area contributed by atoms with Crippen molar-refractivity contribution in [1.82, 2.24) is 19.7 Å². The summed E-state index contributed by atoms with van der Waals surface area (Å²) in [5.41, 5.74) is 4.62. The first-order valence-corrected chi connectivity index (χ1v) is 10.4. The number of carbonyl (C=O) groups excluding carboxylic acids is 1. The first-order chi connectivity index (χ1) is 14.4. The average molecular weight is 427 g/mol. The third-order valence-corrected chi connectivity index (χ3v) is 5.05. The number of hydrogen-bond donors (Lipinski definition) is 1. The number of likely N-dealkylation sites (N-methyl/N-ethyl adjacent to an activating group) is 1. The molecular formula is C23H27ClN4O2. The number of aliphatic hydroxyl groups excluding tert-OH is 1. The zero-order chi connectivity index (χ0) is 21.5. The number of hydrogen-bond acceptors (Lipinski definition) is 5. The summed E-state index contributed by atoms with van der Waals surface area (Å²) >= 11 is 6.11. The molecule has 0 aliphatic rings. The number of ketones is 1. The quantitative estimate of drug-likeness (QED) is 0.538. The van der Waals surface area contributed by atoms with Crippen molar-refractivity contribution in [2.24, 2.45) is 0 Å². The highest BCUT2D eigenvalue weighted by molar-refractivity contribution is 6.30. The van der Waals surface area contributed by atoms with Crippen molar-refractivity contribution in [1.29, 1.82) is 0 Å². The number of benzene rings is 1. The maximum absolute atomic E-state index is 12.5. The van der Waals surface area contributed by atoms with Crippen LogP contribution in [-0.2, 0) is 24.2 Å². The van der Waals surface area contributed by atoms with Gasteiger partial charge in [0.1, 0.15) is 5.78 Å². The number of halogens is 1. The van der Waals surface area contributed by atoms with Gasteiger partial charge < -0.3 is 5.11 Å². The highest BCUT2D eigenvalue weighted by Crippen LogP contribution is 2.18. The van der Waals surface area contributed by atoms with E-state index >= 15 is 0 Å². The van der Waals surface area contributed by atoms with Gasteiger partial charge in [0.2, 0.25) is 0 Å². The smallest absolute Gasteiger partial charge is 0.137 e. The Morgan fingerprint density at radius 2 is 2.07 bits per heavy atom. The molecule has 1 aromatic carbocycles. The lowest BCUT2D eigenvalue weighted by Crippen LogP contribution is -2.22. The zero-order valence-electron chi connectivity index (χ0n) is 17.4. The molecule has 0 aliphatic carbocycles. The van der Waals surface area contributed by atoms with Gasteiger partial charge in [0, 0.05) is 42.8 Å². The summed E-state index contributed by atoms with van der Waals surface area (Å²) in [4.78, 5) is 19.0. The van der Waals surface area contributed by atoms with Crippen LogP contribution >= 0.6 is 11.6 Å². The lowest BCUT2D eigenvalue weighted by molar-refractivity contribution is -0.118. The molecule has 3 aromatic rings. The Balaban J connectivity index is 1.58. The minimum atomic E-state index is 0.124. The van der Waals surface area contributed by atoms with E-state index in [9.17, 15) is 4.79 Å². The molecule has 2 aromatic heterocycles. The van der Waals surface area contributed by atoms with Crippen molar-refractivity contribution in [2.45, 2.75) is 32.7 Å². The molecule has 1 N–H and O–H groups in total. The zero-order valence-corrected chi connectivity index (χ0v) is 18.1. The Bertz CT molecular complexity index is 985. The Hall–Kier alpha value is -2.54. The van der Waals surface area contributed by atoms with E-state index in [-0.39, 0.29) is 12.4 Å². The number of aromatic nitrogens is 3. The Kier molecular flexibility index (Phi) is 7.74. The molecule has 0 saturated carbocycles. The predicted octanol–water partition coefficient (Wildman–Crippen LogP) is 3.40. The molecule has 0 amide bonds. The van der Waals surface area contributed by atoms with Crippen molar-refractivity contribution in [3.05, 3.63) is 76.3 Å². The minimum absolute atomic E-state index is 0.124. The Morgan fingerprint density at radius 3 is 2.77 bits per heavy atom. The first kappa shape index (κ1) is 22.2. The van der Waals surface area contributed by atoms with Crippen molar-refractivity contribution < 1.29 is 9.90 Å². The van der Waals surface area contributed by atoms with Gasteiger partial charge in [-0.05, 0) is 56.3 Å². The number of Topliss-reactive ketones (excluding diaryl/α,β-unsaturated/α-hetero) is 1. The molecule has 0 bridgehead atoms. The molecule has 0 atom stereocenters. The van der Waals surface area contributed by atoms with Gasteiger partial charge in [-0.15, -0.1) is 0 Å². The van der Waals surface area contributed by atoms with Crippen LogP contribution in [0.3, 0.4) is 0 Å². The molecular weight excluding hydrogens is 400 g/mol. The van der Waals surface area contributed by atoms with Crippen LogP contribution < -0.4 is 0 Å².